The Morgan fingerprint density at radius 1 is 0.364 bits per heavy atom. The number of pyridine rings is 3. The van der Waals surface area contributed by atoms with Crippen molar-refractivity contribution < 1.29 is 125 Å². The number of aromatic nitrogens is 3. The Kier molecular flexibility index (Phi) is 31.8. The Hall–Kier alpha value is -13.4. The average molecular weight is 1970 g/mol. The van der Waals surface area contributed by atoms with E-state index in [2.05, 4.69) is 19.9 Å². The smallest absolute Gasteiger partial charge is 0.293 e. The van der Waals surface area contributed by atoms with Crippen LogP contribution in [0, 0.1) is 63.0 Å². The Morgan fingerprint density at radius 3 is 1.01 bits per heavy atom. The molecule has 0 amide bonds. The van der Waals surface area contributed by atoms with E-state index in [0.29, 0.717) is 210 Å². The van der Waals surface area contributed by atoms with Crippen LogP contribution in [0.4, 0.5) is 39.5 Å². The molecule has 0 radical (unpaired) electrons. The van der Waals surface area contributed by atoms with Crippen LogP contribution in [0.2, 0.25) is 0 Å². The van der Waals surface area contributed by atoms with Gasteiger partial charge in [-0.15, -0.1) is 0 Å². The molecule has 3 unspecified atom stereocenters. The highest BCUT2D eigenvalue weighted by molar-refractivity contribution is 6.13. The second-order valence-electron chi connectivity index (χ2n) is 37.1. The second-order valence-corrected chi connectivity index (χ2v) is 37.1. The van der Waals surface area contributed by atoms with E-state index in [1.165, 1.54) is 142 Å². The molecule has 4 saturated carbocycles. The number of halogens is 9. The van der Waals surface area contributed by atoms with Crippen molar-refractivity contribution in [1.82, 2.24) is 29.7 Å². The van der Waals surface area contributed by atoms with Crippen LogP contribution in [-0.2, 0) is 81.5 Å². The largest absolute Gasteiger partial charge is 0.493 e. The van der Waals surface area contributed by atoms with Crippen LogP contribution in [0.3, 0.4) is 0 Å². The lowest BCUT2D eigenvalue weighted by Crippen LogP contribution is -2.45. The number of ether oxygens (including phenoxy) is 12. The zero-order valence-electron chi connectivity index (χ0n) is 79.1. The number of morpholine rings is 3. The van der Waals surface area contributed by atoms with E-state index in [1.54, 1.807) is 78.9 Å². The molecule has 3 atom stereocenters. The van der Waals surface area contributed by atoms with Gasteiger partial charge in [-0.1, -0.05) is 54.6 Å². The van der Waals surface area contributed by atoms with Gasteiger partial charge in [0.2, 0.25) is 0 Å². The lowest BCUT2D eigenvalue weighted by Gasteiger charge is -2.30. The number of nitrogens with zero attached hydrogens (tertiary/aromatic N) is 6. The molecule has 0 spiro atoms. The molecule has 33 heteroatoms. The number of carbonyl (C=O) groups is 6. The second kappa shape index (κ2) is 45.0. The fourth-order valence-electron chi connectivity index (χ4n) is 18.1. The first-order valence-electron chi connectivity index (χ1n) is 47.6. The molecule has 7 fully saturated rings. The van der Waals surface area contributed by atoms with Crippen LogP contribution < -0.4 is 42.6 Å². The van der Waals surface area contributed by atoms with Crippen molar-refractivity contribution in [2.75, 3.05) is 140 Å². The third kappa shape index (κ3) is 25.3. The van der Waals surface area contributed by atoms with Gasteiger partial charge in [-0.05, 0) is 199 Å². The van der Waals surface area contributed by atoms with Crippen LogP contribution in [-0.4, -0.2) is 216 Å². The Balaban J connectivity index is 0.000000147. The summed E-state index contributed by atoms with van der Waals surface area (Å²) in [7, 11) is 4.41. The van der Waals surface area contributed by atoms with E-state index in [0.717, 1.165) is 39.3 Å². The first kappa shape index (κ1) is 101. The number of ketones is 6. The Labute approximate surface area is 819 Å². The number of hydrogen-bond donors (Lipinski definition) is 0. The zero-order valence-corrected chi connectivity index (χ0v) is 79.1. The maximum absolute atomic E-state index is 15.3. The van der Waals surface area contributed by atoms with Gasteiger partial charge in [-0.25, -0.2) is 39.5 Å². The van der Waals surface area contributed by atoms with Gasteiger partial charge in [0.1, 0.15) is 47.5 Å². The maximum Gasteiger partial charge on any atom is 0.293 e. The van der Waals surface area contributed by atoms with Gasteiger partial charge >= 0.3 is 0 Å². The summed E-state index contributed by atoms with van der Waals surface area (Å²) < 4.78 is 198. The molecule has 3 aromatic heterocycles. The molecule has 6 heterocycles. The molecule has 19 rings (SSSR count). The molecule has 0 bridgehead atoms. The molecule has 7 aliphatic rings. The number of methoxy groups -OCH3 is 3. The van der Waals surface area contributed by atoms with Crippen LogP contribution in [0.1, 0.15) is 78.3 Å². The number of hydrogen-bond acceptors (Lipinski definition) is 24. The summed E-state index contributed by atoms with van der Waals surface area (Å²) in [6.07, 6.45) is 6.97. The maximum atomic E-state index is 15.3. The van der Waals surface area contributed by atoms with Crippen molar-refractivity contribution >= 4 is 67.4 Å². The fraction of sp³-hybridized carbons (Fsp3) is 0.373. The minimum Gasteiger partial charge on any atom is -0.493 e. The predicted octanol–water partition coefficient (Wildman–Crippen LogP) is 18.8. The average Bonchev–Trinajstić information content (AvgIpc) is 1.60. The quantitative estimate of drug-likeness (QED) is 0.0254. The molecule has 24 nitrogen and oxygen atoms in total. The highest BCUT2D eigenvalue weighted by atomic mass is 19.3. The van der Waals surface area contributed by atoms with E-state index >= 15 is 13.2 Å². The lowest BCUT2D eigenvalue weighted by molar-refractivity contribution is -0.135. The van der Waals surface area contributed by atoms with Crippen molar-refractivity contribution in [3.8, 4) is 69.0 Å². The number of benzene rings is 9. The third-order valence-corrected chi connectivity index (χ3v) is 27.1. The number of alkyl halides is 3. The zero-order chi connectivity index (χ0) is 100. The minimum absolute atomic E-state index is 0.00782. The number of carbonyl (C=O) groups excluding carboxylic acids is 6. The van der Waals surface area contributed by atoms with Gasteiger partial charge in [0.05, 0.1) is 107 Å². The monoisotopic (exact) mass is 1970 g/mol. The van der Waals surface area contributed by atoms with Gasteiger partial charge in [0, 0.05) is 144 Å². The predicted molar refractivity (Wildman–Crippen MR) is 510 cm³/mol. The molecule has 9 aromatic carbocycles. The van der Waals surface area contributed by atoms with Crippen molar-refractivity contribution in [2.45, 2.75) is 95.6 Å². The van der Waals surface area contributed by atoms with Gasteiger partial charge in [-0.3, -0.25) is 58.4 Å². The lowest BCUT2D eigenvalue weighted by atomic mass is 9.88. The van der Waals surface area contributed by atoms with E-state index < -0.39 is 70.6 Å². The molecular formula is C110H107F9N6O18. The van der Waals surface area contributed by atoms with E-state index in [4.69, 9.17) is 56.8 Å². The van der Waals surface area contributed by atoms with Crippen molar-refractivity contribution in [1.29, 1.82) is 0 Å². The molecule has 3 saturated heterocycles. The molecule has 3 aliphatic heterocycles. The van der Waals surface area contributed by atoms with Gasteiger partial charge in [0.25, 0.3) is 5.92 Å². The summed E-state index contributed by atoms with van der Waals surface area (Å²) in [4.78, 5) is 97.8. The Morgan fingerprint density at radius 2 is 0.678 bits per heavy atom. The Bertz CT molecular complexity index is 6630. The molecule has 0 N–H and O–H groups in total. The highest BCUT2D eigenvalue weighted by Crippen LogP contribution is 2.53. The normalized spacial score (nSPS) is 17.5. The van der Waals surface area contributed by atoms with Crippen LogP contribution >= 0.6 is 0 Å². The fourth-order valence-corrected chi connectivity index (χ4v) is 18.1. The number of fused-ring (bicyclic) bond motifs is 3. The van der Waals surface area contributed by atoms with E-state index in [9.17, 15) is 55.1 Å². The van der Waals surface area contributed by atoms with Gasteiger partial charge < -0.3 is 56.8 Å². The third-order valence-electron chi connectivity index (χ3n) is 27.1. The van der Waals surface area contributed by atoms with E-state index in [-0.39, 0.29) is 127 Å². The van der Waals surface area contributed by atoms with Crippen LogP contribution in [0.15, 0.2) is 201 Å². The number of Topliss-reactive ketones (excluding diaryl/α,β-unsaturated/α-hetero) is 6. The molecule has 143 heavy (non-hydrogen) atoms. The van der Waals surface area contributed by atoms with Gasteiger partial charge in [-0.2, -0.15) is 0 Å². The van der Waals surface area contributed by atoms with Crippen molar-refractivity contribution in [3.63, 3.8) is 0 Å². The summed E-state index contributed by atoms with van der Waals surface area (Å²) in [6.45, 7) is 8.14. The van der Waals surface area contributed by atoms with Crippen LogP contribution in [0.25, 0.3) is 32.7 Å². The summed E-state index contributed by atoms with van der Waals surface area (Å²) in [5, 5.41) is 1.58. The minimum atomic E-state index is -3.12. The molecular weight excluding hydrogens is 1860 g/mol. The summed E-state index contributed by atoms with van der Waals surface area (Å²) >= 11 is 0. The number of rotatable bonds is 42. The summed E-state index contributed by atoms with van der Waals surface area (Å²) in [5.74, 6) is -3.86. The standard InChI is InChI=1S/C38H38F2N2O6.C36H34F4N2O6.C36H35F3N2O6/c1-45-34-20-29-31(21-35(34)47-23-27-19-26(27)22-42-12-14-46-15-13-42)41-11-8-32(29)48-33-7-4-25(16-30(33)40)18-37(44)38(9-10-38)36(43)17-24-2-5-28(39)6-3-24;1-45-31-19-26-28(20-32(31)47-22-36(39,40)21-42-12-14-46-15-13-42)41-11-8-29(26)48-30-7-4-24(16-27(30)38)18-34(44)35(9-10-35)33(43)17-23-2-5-25(37)6-3-23;1-44-32-19-27-29(20-33(32)46-22-26(38)21-41-12-14-45-15-13-41)40-11-8-30(27)47-31-7-4-24(16-28(31)39)18-35(43)36(9-10-36)34(42)17-23-2-5-25(37)6-3-23/h2-8,11,16,20-21,26-27H,9-10,12-15,17-19,22-23H2,1H3;2-8,11,16,19-20H,9-10,12-15,17-18,21-22H2,1H3;2-8,11,16,19-20,26H,9-10,12-15,17-18,21-22H2,1H3. The van der Waals surface area contributed by atoms with Crippen LogP contribution in [0.5, 0.6) is 69.0 Å². The molecule has 4 aliphatic carbocycles. The molecule has 12 aromatic rings. The SMILES string of the molecule is COc1cc2c(Oc3ccc(CC(=O)C4(C(=O)Cc5ccc(F)cc5)CC4)cc3F)ccnc2cc1OCC(F)(F)CN1CCOCC1.COc1cc2c(Oc3ccc(CC(=O)C4(C(=O)Cc5ccc(F)cc5)CC4)cc3F)ccnc2cc1OCC(F)CN1CCOCC1.COc1cc2c(Oc3ccc(CC(=O)C4(C(=O)Cc5ccc(F)cc5)CC4)cc3F)ccnc2cc1OCC1CC1CN1CCOCC1. The topological polar surface area (TPSA) is 262 Å². The molecule has 748 valence electrons. The first-order valence-corrected chi connectivity index (χ1v) is 47.6. The van der Waals surface area contributed by atoms with Crippen molar-refractivity contribution in [3.05, 3.63) is 269 Å². The highest BCUT2D eigenvalue weighted by Gasteiger charge is 2.57. The van der Waals surface area contributed by atoms with Gasteiger partial charge in [0.15, 0.2) is 111 Å². The van der Waals surface area contributed by atoms with E-state index in [1.807, 2.05) is 11.0 Å². The summed E-state index contributed by atoms with van der Waals surface area (Å²) in [5.41, 5.74) is 1.39. The summed E-state index contributed by atoms with van der Waals surface area (Å²) in [6, 6.07) is 44.3. The first-order chi connectivity index (χ1) is 69.1. The van der Waals surface area contributed by atoms with Crippen molar-refractivity contribution in [2.24, 2.45) is 28.1 Å².